The normalized spacial score (nSPS) is 21.9. The van der Waals surface area contributed by atoms with Gasteiger partial charge in [0, 0.05) is 62.9 Å². The van der Waals surface area contributed by atoms with Crippen molar-refractivity contribution in [2.24, 2.45) is 0 Å². The molecule has 0 aliphatic carbocycles. The van der Waals surface area contributed by atoms with E-state index >= 15 is 0 Å². The number of carbonyl (C=O) groups is 1. The van der Waals surface area contributed by atoms with Gasteiger partial charge in [-0.3, -0.25) is 9.69 Å². The summed E-state index contributed by atoms with van der Waals surface area (Å²) in [5.41, 5.74) is 2.38. The Bertz CT molecular complexity index is 713. The van der Waals surface area contributed by atoms with Crippen molar-refractivity contribution < 1.29 is 9.53 Å². The molecule has 5 nitrogen and oxygen atoms in total. The van der Waals surface area contributed by atoms with Crippen molar-refractivity contribution in [3.63, 3.8) is 0 Å². The number of rotatable bonds is 5. The number of nitrogens with one attached hydrogen (secondary N) is 1. The van der Waals surface area contributed by atoms with Crippen LogP contribution in [-0.2, 0) is 16.0 Å². The molecule has 1 unspecified atom stereocenters. The standard InChI is InChI=1S/C20H27N3O2/c24-20(8-7-16-14-21-19-6-2-1-5-18(16)19)23-11-9-22(10-12-23)15-17-4-3-13-25-17/h1-2,5-6,14,17,21H,3-4,7-13,15H2. The first-order valence-corrected chi connectivity index (χ1v) is 9.46. The maximum atomic E-state index is 12.6. The molecule has 2 aliphatic rings. The number of ether oxygens (including phenoxy) is 1. The highest BCUT2D eigenvalue weighted by Gasteiger charge is 2.24. The third-order valence-electron chi connectivity index (χ3n) is 5.49. The van der Waals surface area contributed by atoms with Crippen molar-refractivity contribution in [2.75, 3.05) is 39.3 Å². The Morgan fingerprint density at radius 3 is 2.84 bits per heavy atom. The van der Waals surface area contributed by atoms with E-state index in [9.17, 15) is 4.79 Å². The summed E-state index contributed by atoms with van der Waals surface area (Å²) in [5, 5.41) is 1.23. The van der Waals surface area contributed by atoms with E-state index in [2.05, 4.69) is 28.1 Å². The van der Waals surface area contributed by atoms with E-state index < -0.39 is 0 Å². The van der Waals surface area contributed by atoms with Crippen LogP contribution in [0.3, 0.4) is 0 Å². The molecule has 0 saturated carbocycles. The van der Waals surface area contributed by atoms with E-state index in [1.54, 1.807) is 0 Å². The first-order valence-electron chi connectivity index (χ1n) is 9.46. The molecule has 2 aromatic rings. The minimum atomic E-state index is 0.280. The van der Waals surface area contributed by atoms with E-state index in [0.717, 1.165) is 51.3 Å². The zero-order valence-corrected chi connectivity index (χ0v) is 14.7. The highest BCUT2D eigenvalue weighted by molar-refractivity contribution is 5.84. The lowest BCUT2D eigenvalue weighted by Crippen LogP contribution is -2.50. The zero-order valence-electron chi connectivity index (χ0n) is 14.7. The summed E-state index contributed by atoms with van der Waals surface area (Å²) in [5.74, 6) is 0.280. The Labute approximate surface area is 148 Å². The molecule has 1 N–H and O–H groups in total. The molecular formula is C20H27N3O2. The first-order chi connectivity index (χ1) is 12.3. The van der Waals surface area contributed by atoms with Crippen molar-refractivity contribution in [3.05, 3.63) is 36.0 Å². The maximum Gasteiger partial charge on any atom is 0.222 e. The molecule has 134 valence electrons. The number of nitrogens with zero attached hydrogens (tertiary/aromatic N) is 2. The molecule has 1 amide bonds. The fraction of sp³-hybridized carbons (Fsp3) is 0.550. The van der Waals surface area contributed by atoms with Gasteiger partial charge in [-0.05, 0) is 30.9 Å². The number of aromatic nitrogens is 1. The number of hydrogen-bond acceptors (Lipinski definition) is 3. The Morgan fingerprint density at radius 2 is 2.04 bits per heavy atom. The second-order valence-corrected chi connectivity index (χ2v) is 7.18. The van der Waals surface area contributed by atoms with E-state index in [4.69, 9.17) is 4.74 Å². The Morgan fingerprint density at radius 1 is 1.20 bits per heavy atom. The fourth-order valence-electron chi connectivity index (χ4n) is 3.99. The molecule has 1 aromatic carbocycles. The summed E-state index contributed by atoms with van der Waals surface area (Å²) < 4.78 is 5.72. The topological polar surface area (TPSA) is 48.6 Å². The van der Waals surface area contributed by atoms with E-state index in [1.165, 1.54) is 23.8 Å². The lowest BCUT2D eigenvalue weighted by atomic mass is 10.1. The highest BCUT2D eigenvalue weighted by Crippen LogP contribution is 2.20. The molecule has 0 radical (unpaired) electrons. The molecule has 3 heterocycles. The number of hydrogen-bond donors (Lipinski definition) is 1. The van der Waals surface area contributed by atoms with Gasteiger partial charge in [0.1, 0.15) is 0 Å². The van der Waals surface area contributed by atoms with Crippen LogP contribution in [0, 0.1) is 0 Å². The van der Waals surface area contributed by atoms with Crippen LogP contribution in [-0.4, -0.2) is 66.1 Å². The van der Waals surface area contributed by atoms with Crippen LogP contribution < -0.4 is 0 Å². The summed E-state index contributed by atoms with van der Waals surface area (Å²) in [7, 11) is 0. The molecule has 2 aliphatic heterocycles. The summed E-state index contributed by atoms with van der Waals surface area (Å²) >= 11 is 0. The number of piperazine rings is 1. The van der Waals surface area contributed by atoms with Gasteiger partial charge in [0.25, 0.3) is 0 Å². The Kier molecular flexibility index (Phi) is 5.04. The van der Waals surface area contributed by atoms with Crippen molar-refractivity contribution in [3.8, 4) is 0 Å². The molecule has 0 bridgehead atoms. The number of aromatic amines is 1. The molecule has 2 saturated heterocycles. The number of carbonyl (C=O) groups excluding carboxylic acids is 1. The third kappa shape index (κ3) is 3.88. The van der Waals surface area contributed by atoms with E-state index in [0.29, 0.717) is 12.5 Å². The Balaban J connectivity index is 1.25. The first kappa shape index (κ1) is 16.6. The van der Waals surface area contributed by atoms with Gasteiger partial charge in [-0.15, -0.1) is 0 Å². The van der Waals surface area contributed by atoms with Crippen molar-refractivity contribution in [1.29, 1.82) is 0 Å². The van der Waals surface area contributed by atoms with Crippen molar-refractivity contribution >= 4 is 16.8 Å². The van der Waals surface area contributed by atoms with Crippen LogP contribution in [0.4, 0.5) is 0 Å². The lowest BCUT2D eigenvalue weighted by molar-refractivity contribution is -0.133. The van der Waals surface area contributed by atoms with Gasteiger partial charge in [-0.25, -0.2) is 0 Å². The van der Waals surface area contributed by atoms with Crippen LogP contribution in [0.5, 0.6) is 0 Å². The molecule has 1 atom stereocenters. The molecule has 4 rings (SSSR count). The largest absolute Gasteiger partial charge is 0.377 e. The van der Waals surface area contributed by atoms with Crippen LogP contribution in [0.15, 0.2) is 30.5 Å². The number of fused-ring (bicyclic) bond motifs is 1. The average Bonchev–Trinajstić information content (AvgIpc) is 3.30. The molecule has 0 spiro atoms. The molecular weight excluding hydrogens is 314 g/mol. The molecule has 5 heteroatoms. The van der Waals surface area contributed by atoms with Crippen LogP contribution >= 0.6 is 0 Å². The van der Waals surface area contributed by atoms with Crippen LogP contribution in [0.25, 0.3) is 10.9 Å². The Hall–Kier alpha value is -1.85. The van der Waals surface area contributed by atoms with Gasteiger partial charge in [0.15, 0.2) is 0 Å². The monoisotopic (exact) mass is 341 g/mol. The minimum Gasteiger partial charge on any atom is -0.377 e. The van der Waals surface area contributed by atoms with E-state index in [-0.39, 0.29) is 5.91 Å². The third-order valence-corrected chi connectivity index (χ3v) is 5.49. The van der Waals surface area contributed by atoms with Crippen LogP contribution in [0.1, 0.15) is 24.8 Å². The number of benzene rings is 1. The second-order valence-electron chi connectivity index (χ2n) is 7.18. The molecule has 2 fully saturated rings. The number of aryl methyl sites for hydroxylation is 1. The summed E-state index contributed by atoms with van der Waals surface area (Å²) in [4.78, 5) is 20.3. The SMILES string of the molecule is O=C(CCc1c[nH]c2ccccc12)N1CCN(CC2CCCO2)CC1. The van der Waals surface area contributed by atoms with Gasteiger partial charge in [0.05, 0.1) is 6.10 Å². The highest BCUT2D eigenvalue weighted by atomic mass is 16.5. The quantitative estimate of drug-likeness (QED) is 0.909. The van der Waals surface area contributed by atoms with Crippen molar-refractivity contribution in [1.82, 2.24) is 14.8 Å². The smallest absolute Gasteiger partial charge is 0.222 e. The average molecular weight is 341 g/mol. The van der Waals surface area contributed by atoms with Gasteiger partial charge in [-0.1, -0.05) is 18.2 Å². The lowest BCUT2D eigenvalue weighted by Gasteiger charge is -2.35. The van der Waals surface area contributed by atoms with Crippen molar-refractivity contribution in [2.45, 2.75) is 31.8 Å². The van der Waals surface area contributed by atoms with Gasteiger partial charge < -0.3 is 14.6 Å². The number of para-hydroxylation sites is 1. The predicted molar refractivity (Wildman–Crippen MR) is 98.6 cm³/mol. The summed E-state index contributed by atoms with van der Waals surface area (Å²) in [6, 6.07) is 8.28. The maximum absolute atomic E-state index is 12.6. The predicted octanol–water partition coefficient (Wildman–Crippen LogP) is 2.42. The second kappa shape index (κ2) is 7.58. The zero-order chi connectivity index (χ0) is 17.1. The number of amides is 1. The summed E-state index contributed by atoms with van der Waals surface area (Å²) in [6.07, 6.45) is 6.22. The van der Waals surface area contributed by atoms with E-state index in [1.807, 2.05) is 17.2 Å². The van der Waals surface area contributed by atoms with Crippen LogP contribution in [0.2, 0.25) is 0 Å². The minimum absolute atomic E-state index is 0.280. The van der Waals surface area contributed by atoms with Gasteiger partial charge >= 0.3 is 0 Å². The van der Waals surface area contributed by atoms with Gasteiger partial charge in [0.2, 0.25) is 5.91 Å². The fourth-order valence-corrected chi connectivity index (χ4v) is 3.99. The molecule has 25 heavy (non-hydrogen) atoms. The summed E-state index contributed by atoms with van der Waals surface area (Å²) in [6.45, 7) is 5.57. The number of H-pyrrole nitrogens is 1. The molecule has 1 aromatic heterocycles. The van der Waals surface area contributed by atoms with Gasteiger partial charge in [-0.2, -0.15) is 0 Å².